The lowest BCUT2D eigenvalue weighted by Gasteiger charge is -2.33. The lowest BCUT2D eigenvalue weighted by molar-refractivity contribution is -0.158. The molecule has 5 nitrogen and oxygen atoms in total. The lowest BCUT2D eigenvalue weighted by atomic mass is 9.73. The van der Waals surface area contributed by atoms with Crippen LogP contribution in [0.15, 0.2) is 53.0 Å². The Balaban J connectivity index is 2.10. The van der Waals surface area contributed by atoms with Crippen molar-refractivity contribution < 1.29 is 23.9 Å². The lowest BCUT2D eigenvalue weighted by Crippen LogP contribution is -2.42. The number of carbonyl (C=O) groups is 3. The van der Waals surface area contributed by atoms with Crippen LogP contribution in [0.2, 0.25) is 0 Å². The predicted octanol–water partition coefficient (Wildman–Crippen LogP) is 3.76. The number of carbonyl (C=O) groups excluding carboxylic acids is 3. The standard InChI is InChI=1S/C20H17BrO5/c1-11(18(22)12-6-4-3-5-7-12)16-14-10-13(21)8-9-15(14)26-20(24)17(16)19(23)25-2/h3-11,16-17H,1-2H3/t11-,16-,17+/m1/s1. The van der Waals surface area contributed by atoms with E-state index < -0.39 is 29.7 Å². The number of hydrogen-bond acceptors (Lipinski definition) is 5. The third-order valence-corrected chi connectivity index (χ3v) is 5.11. The van der Waals surface area contributed by atoms with Gasteiger partial charge in [0.05, 0.1) is 7.11 Å². The Kier molecular flexibility index (Phi) is 5.23. The van der Waals surface area contributed by atoms with E-state index in [0.29, 0.717) is 16.9 Å². The molecule has 3 atom stereocenters. The first-order valence-electron chi connectivity index (χ1n) is 8.12. The average molecular weight is 417 g/mol. The molecule has 0 spiro atoms. The summed E-state index contributed by atoms with van der Waals surface area (Å²) in [6.45, 7) is 1.72. The van der Waals surface area contributed by atoms with Crippen molar-refractivity contribution >= 4 is 33.7 Å². The summed E-state index contributed by atoms with van der Waals surface area (Å²) in [6, 6.07) is 14.0. The van der Waals surface area contributed by atoms with Gasteiger partial charge in [0.2, 0.25) is 0 Å². The van der Waals surface area contributed by atoms with Gasteiger partial charge in [0, 0.05) is 27.4 Å². The van der Waals surface area contributed by atoms with Crippen molar-refractivity contribution in [1.82, 2.24) is 0 Å². The summed E-state index contributed by atoms with van der Waals surface area (Å²) in [4.78, 5) is 37.8. The van der Waals surface area contributed by atoms with E-state index in [2.05, 4.69) is 15.9 Å². The fourth-order valence-corrected chi connectivity index (χ4v) is 3.71. The van der Waals surface area contributed by atoms with Crippen LogP contribution in [-0.4, -0.2) is 24.8 Å². The van der Waals surface area contributed by atoms with E-state index >= 15 is 0 Å². The smallest absolute Gasteiger partial charge is 0.326 e. The summed E-state index contributed by atoms with van der Waals surface area (Å²) in [5, 5.41) is 0. The minimum atomic E-state index is -1.19. The third-order valence-electron chi connectivity index (χ3n) is 4.62. The third kappa shape index (κ3) is 3.29. The number of halogens is 1. The Labute approximate surface area is 159 Å². The number of ether oxygens (including phenoxy) is 2. The molecule has 0 N–H and O–H groups in total. The highest BCUT2D eigenvalue weighted by Gasteiger charge is 2.47. The number of methoxy groups -OCH3 is 1. The highest BCUT2D eigenvalue weighted by molar-refractivity contribution is 9.10. The van der Waals surface area contributed by atoms with Crippen LogP contribution in [-0.2, 0) is 14.3 Å². The van der Waals surface area contributed by atoms with Gasteiger partial charge in [-0.2, -0.15) is 0 Å². The zero-order valence-corrected chi connectivity index (χ0v) is 15.9. The molecule has 0 aromatic heterocycles. The second-order valence-corrected chi connectivity index (χ2v) is 7.06. The maximum Gasteiger partial charge on any atom is 0.326 e. The topological polar surface area (TPSA) is 69.7 Å². The Bertz CT molecular complexity index is 862. The van der Waals surface area contributed by atoms with Gasteiger partial charge in [-0.15, -0.1) is 0 Å². The van der Waals surface area contributed by atoms with Gasteiger partial charge in [0.25, 0.3) is 0 Å². The molecule has 1 aliphatic rings. The van der Waals surface area contributed by atoms with Crippen molar-refractivity contribution in [3.8, 4) is 5.75 Å². The molecule has 0 saturated carbocycles. The number of esters is 2. The summed E-state index contributed by atoms with van der Waals surface area (Å²) in [5.74, 6) is -3.69. The van der Waals surface area contributed by atoms with Gasteiger partial charge in [0.1, 0.15) is 5.75 Å². The van der Waals surface area contributed by atoms with Gasteiger partial charge < -0.3 is 9.47 Å². The van der Waals surface area contributed by atoms with E-state index in [1.165, 1.54) is 7.11 Å². The molecule has 3 rings (SSSR count). The summed E-state index contributed by atoms with van der Waals surface area (Å²) >= 11 is 3.40. The van der Waals surface area contributed by atoms with Gasteiger partial charge in [0.15, 0.2) is 11.7 Å². The molecule has 0 saturated heterocycles. The summed E-state index contributed by atoms with van der Waals surface area (Å²) in [7, 11) is 1.22. The molecular weight excluding hydrogens is 400 g/mol. The highest BCUT2D eigenvalue weighted by Crippen LogP contribution is 2.44. The van der Waals surface area contributed by atoms with Gasteiger partial charge in [-0.05, 0) is 18.2 Å². The normalized spacial score (nSPS) is 19.9. The van der Waals surface area contributed by atoms with Crippen LogP contribution in [0.3, 0.4) is 0 Å². The molecule has 2 aromatic rings. The number of ketones is 1. The number of Topliss-reactive ketones (excluding diaryl/α,β-unsaturated/α-hetero) is 1. The molecule has 0 unspecified atom stereocenters. The van der Waals surface area contributed by atoms with Crippen LogP contribution in [0.5, 0.6) is 5.75 Å². The molecule has 26 heavy (non-hydrogen) atoms. The SMILES string of the molecule is COC(=O)[C@H]1C(=O)Oc2ccc(Br)cc2[C@H]1[C@@H](C)C(=O)c1ccccc1. The van der Waals surface area contributed by atoms with Crippen molar-refractivity contribution in [2.75, 3.05) is 7.11 Å². The molecular formula is C20H17BrO5. The summed E-state index contributed by atoms with van der Waals surface area (Å²) in [5.41, 5.74) is 1.16. The van der Waals surface area contributed by atoms with Crippen LogP contribution in [0.4, 0.5) is 0 Å². The zero-order valence-electron chi connectivity index (χ0n) is 14.3. The Morgan fingerprint density at radius 2 is 1.85 bits per heavy atom. The Morgan fingerprint density at radius 1 is 1.15 bits per heavy atom. The summed E-state index contributed by atoms with van der Waals surface area (Å²) < 4.78 is 10.9. The zero-order chi connectivity index (χ0) is 18.8. The van der Waals surface area contributed by atoms with Crippen LogP contribution < -0.4 is 4.74 Å². The quantitative estimate of drug-likeness (QED) is 0.328. The molecule has 2 aromatic carbocycles. The van der Waals surface area contributed by atoms with Crippen molar-refractivity contribution in [2.24, 2.45) is 11.8 Å². The van der Waals surface area contributed by atoms with Crippen LogP contribution >= 0.6 is 15.9 Å². The van der Waals surface area contributed by atoms with Gasteiger partial charge in [-0.3, -0.25) is 14.4 Å². The second kappa shape index (κ2) is 7.41. The first kappa shape index (κ1) is 18.3. The van der Waals surface area contributed by atoms with Crippen molar-refractivity contribution in [3.05, 3.63) is 64.1 Å². The fourth-order valence-electron chi connectivity index (χ4n) is 3.33. The van der Waals surface area contributed by atoms with E-state index in [4.69, 9.17) is 9.47 Å². The molecule has 0 aliphatic carbocycles. The van der Waals surface area contributed by atoms with Crippen molar-refractivity contribution in [2.45, 2.75) is 12.8 Å². The number of rotatable bonds is 4. The number of hydrogen-bond donors (Lipinski definition) is 0. The van der Waals surface area contributed by atoms with Crippen molar-refractivity contribution in [3.63, 3.8) is 0 Å². The van der Waals surface area contributed by atoms with Gasteiger partial charge in [-0.1, -0.05) is 53.2 Å². The second-order valence-electron chi connectivity index (χ2n) is 6.15. The fraction of sp³-hybridized carbons (Fsp3) is 0.250. The Hall–Kier alpha value is -2.47. The molecule has 1 heterocycles. The van der Waals surface area contributed by atoms with E-state index in [1.807, 2.05) is 6.07 Å². The number of benzene rings is 2. The van der Waals surface area contributed by atoms with E-state index in [-0.39, 0.29) is 5.78 Å². The molecule has 0 radical (unpaired) electrons. The van der Waals surface area contributed by atoms with E-state index in [1.54, 1.807) is 49.4 Å². The Morgan fingerprint density at radius 3 is 2.50 bits per heavy atom. The van der Waals surface area contributed by atoms with Crippen molar-refractivity contribution in [1.29, 1.82) is 0 Å². The molecule has 0 fully saturated rings. The monoisotopic (exact) mass is 416 g/mol. The number of fused-ring (bicyclic) bond motifs is 1. The van der Waals surface area contributed by atoms with E-state index in [9.17, 15) is 14.4 Å². The highest BCUT2D eigenvalue weighted by atomic mass is 79.9. The minimum Gasteiger partial charge on any atom is -0.468 e. The molecule has 6 heteroatoms. The average Bonchev–Trinajstić information content (AvgIpc) is 2.66. The van der Waals surface area contributed by atoms with Gasteiger partial charge >= 0.3 is 11.9 Å². The van der Waals surface area contributed by atoms with Crippen LogP contribution in [0.25, 0.3) is 0 Å². The molecule has 1 aliphatic heterocycles. The molecule has 0 bridgehead atoms. The molecule has 0 amide bonds. The maximum absolute atomic E-state index is 13.0. The summed E-state index contributed by atoms with van der Waals surface area (Å²) in [6.07, 6.45) is 0. The van der Waals surface area contributed by atoms with E-state index in [0.717, 1.165) is 4.47 Å². The first-order valence-corrected chi connectivity index (χ1v) is 8.91. The molecule has 134 valence electrons. The minimum absolute atomic E-state index is 0.148. The first-order chi connectivity index (χ1) is 12.4. The maximum atomic E-state index is 13.0. The largest absolute Gasteiger partial charge is 0.468 e. The van der Waals surface area contributed by atoms with Gasteiger partial charge in [-0.25, -0.2) is 0 Å². The van der Waals surface area contributed by atoms with Crippen LogP contribution in [0, 0.1) is 11.8 Å². The van der Waals surface area contributed by atoms with Crippen LogP contribution in [0.1, 0.15) is 28.8 Å². The predicted molar refractivity (Wildman–Crippen MR) is 98.0 cm³/mol.